The highest BCUT2D eigenvalue weighted by Gasteiger charge is 2.32. The lowest BCUT2D eigenvalue weighted by Gasteiger charge is -2.15. The summed E-state index contributed by atoms with van der Waals surface area (Å²) in [6.45, 7) is 3.12. The van der Waals surface area contributed by atoms with Gasteiger partial charge >= 0.3 is 5.97 Å². The van der Waals surface area contributed by atoms with Gasteiger partial charge in [0.1, 0.15) is 4.88 Å². The molecule has 1 aromatic heterocycles. The van der Waals surface area contributed by atoms with Gasteiger partial charge in [0, 0.05) is 18.5 Å². The molecule has 1 fully saturated rings. The summed E-state index contributed by atoms with van der Waals surface area (Å²) >= 11 is 0.944. The van der Waals surface area contributed by atoms with Crippen molar-refractivity contribution in [3.63, 3.8) is 0 Å². The topological polar surface area (TPSA) is 74.7 Å². The number of rotatable bonds is 4. The molecule has 0 amide bonds. The van der Waals surface area contributed by atoms with Crippen molar-refractivity contribution in [2.75, 3.05) is 13.1 Å². The minimum absolute atomic E-state index is 0.0554. The van der Waals surface area contributed by atoms with Crippen molar-refractivity contribution >= 4 is 27.3 Å². The highest BCUT2D eigenvalue weighted by Crippen LogP contribution is 2.28. The Morgan fingerprint density at radius 1 is 1.61 bits per heavy atom. The standard InChI is InChI=1S/C11H15NO4S2/c1-2-8-3-4-12(6-8)18(15,16)9-5-10(11(13)14)17-7-9/h5,7-8H,2-4,6H2,1H3,(H,13,14). The van der Waals surface area contributed by atoms with Gasteiger partial charge in [-0.2, -0.15) is 4.31 Å². The summed E-state index contributed by atoms with van der Waals surface area (Å²) in [5, 5.41) is 10.2. The molecular weight excluding hydrogens is 274 g/mol. The van der Waals surface area contributed by atoms with Gasteiger partial charge in [-0.1, -0.05) is 13.3 Å². The van der Waals surface area contributed by atoms with E-state index in [9.17, 15) is 13.2 Å². The molecule has 100 valence electrons. The molecule has 1 N–H and O–H groups in total. The first-order chi connectivity index (χ1) is 8.45. The van der Waals surface area contributed by atoms with Gasteiger partial charge in [0.15, 0.2) is 0 Å². The minimum atomic E-state index is -3.51. The molecule has 2 heterocycles. The third kappa shape index (κ3) is 2.43. The predicted octanol–water partition coefficient (Wildman–Crippen LogP) is 1.87. The molecule has 0 bridgehead atoms. The van der Waals surface area contributed by atoms with Crippen LogP contribution < -0.4 is 0 Å². The van der Waals surface area contributed by atoms with E-state index < -0.39 is 16.0 Å². The fourth-order valence-electron chi connectivity index (χ4n) is 2.06. The van der Waals surface area contributed by atoms with E-state index in [2.05, 4.69) is 0 Å². The average Bonchev–Trinajstić information content (AvgIpc) is 2.98. The van der Waals surface area contributed by atoms with Crippen molar-refractivity contribution in [3.8, 4) is 0 Å². The number of hydrogen-bond acceptors (Lipinski definition) is 4. The number of carboxylic acids is 1. The lowest BCUT2D eigenvalue weighted by Crippen LogP contribution is -2.28. The van der Waals surface area contributed by atoms with E-state index in [1.165, 1.54) is 15.8 Å². The first-order valence-corrected chi connectivity index (χ1v) is 8.09. The second kappa shape index (κ2) is 4.99. The average molecular weight is 289 g/mol. The maximum Gasteiger partial charge on any atom is 0.345 e. The number of thiophene rings is 1. The Balaban J connectivity index is 2.23. The lowest BCUT2D eigenvalue weighted by molar-refractivity contribution is 0.0702. The zero-order valence-electron chi connectivity index (χ0n) is 10.00. The van der Waals surface area contributed by atoms with Gasteiger partial charge in [-0.05, 0) is 18.4 Å². The molecule has 1 aliphatic heterocycles. The Hall–Kier alpha value is -0.920. The summed E-state index contributed by atoms with van der Waals surface area (Å²) in [7, 11) is -3.51. The third-order valence-electron chi connectivity index (χ3n) is 3.25. The molecule has 18 heavy (non-hydrogen) atoms. The molecule has 0 radical (unpaired) electrons. The van der Waals surface area contributed by atoms with E-state index >= 15 is 0 Å². The van der Waals surface area contributed by atoms with Gasteiger partial charge in [0.05, 0.1) is 4.90 Å². The smallest absolute Gasteiger partial charge is 0.345 e. The molecule has 0 saturated carbocycles. The maximum absolute atomic E-state index is 12.3. The van der Waals surface area contributed by atoms with Gasteiger partial charge in [-0.15, -0.1) is 11.3 Å². The number of carboxylic acid groups (broad SMARTS) is 1. The highest BCUT2D eigenvalue weighted by molar-refractivity contribution is 7.89. The SMILES string of the molecule is CCC1CCN(S(=O)(=O)c2csc(C(=O)O)c2)C1. The van der Waals surface area contributed by atoms with Crippen molar-refractivity contribution in [2.24, 2.45) is 5.92 Å². The van der Waals surface area contributed by atoms with Crippen LogP contribution in [-0.2, 0) is 10.0 Å². The van der Waals surface area contributed by atoms with Gasteiger partial charge in [0.2, 0.25) is 10.0 Å². The molecule has 0 aliphatic carbocycles. The molecule has 1 saturated heterocycles. The Bertz CT molecular complexity index is 549. The molecule has 0 spiro atoms. The first kappa shape index (κ1) is 13.5. The van der Waals surface area contributed by atoms with Crippen LogP contribution in [0.25, 0.3) is 0 Å². The van der Waals surface area contributed by atoms with Crippen molar-refractivity contribution in [3.05, 3.63) is 16.3 Å². The summed E-state index contributed by atoms with van der Waals surface area (Å²) < 4.78 is 26.0. The number of hydrogen-bond donors (Lipinski definition) is 1. The molecule has 7 heteroatoms. The molecule has 1 unspecified atom stereocenters. The van der Waals surface area contributed by atoms with Gasteiger partial charge in [-0.25, -0.2) is 13.2 Å². The lowest BCUT2D eigenvalue weighted by atomic mass is 10.1. The van der Waals surface area contributed by atoms with Crippen LogP contribution in [0.3, 0.4) is 0 Å². The van der Waals surface area contributed by atoms with E-state index in [0.717, 1.165) is 24.2 Å². The summed E-state index contributed by atoms with van der Waals surface area (Å²) in [5.41, 5.74) is 0. The van der Waals surface area contributed by atoms with Crippen LogP contribution in [0, 0.1) is 5.92 Å². The summed E-state index contributed by atoms with van der Waals surface area (Å²) in [6, 6.07) is 1.24. The molecule has 0 aromatic carbocycles. The molecule has 2 rings (SSSR count). The van der Waals surface area contributed by atoms with E-state index in [4.69, 9.17) is 5.11 Å². The van der Waals surface area contributed by atoms with E-state index in [1.54, 1.807) is 0 Å². The predicted molar refractivity (Wildman–Crippen MR) is 68.4 cm³/mol. The Morgan fingerprint density at radius 2 is 2.33 bits per heavy atom. The van der Waals surface area contributed by atoms with Gasteiger partial charge < -0.3 is 5.11 Å². The van der Waals surface area contributed by atoms with Crippen LogP contribution in [0.4, 0.5) is 0 Å². The van der Waals surface area contributed by atoms with Crippen LogP contribution in [-0.4, -0.2) is 36.9 Å². The van der Waals surface area contributed by atoms with Crippen LogP contribution >= 0.6 is 11.3 Å². The second-order valence-corrected chi connectivity index (χ2v) is 7.23. The zero-order chi connectivity index (χ0) is 13.3. The van der Waals surface area contributed by atoms with E-state index in [-0.39, 0.29) is 9.77 Å². The van der Waals surface area contributed by atoms with Crippen LogP contribution in [0.5, 0.6) is 0 Å². The fraction of sp³-hybridized carbons (Fsp3) is 0.545. The number of carbonyl (C=O) groups is 1. The summed E-state index contributed by atoms with van der Waals surface area (Å²) in [4.78, 5) is 10.9. The fourth-order valence-corrected chi connectivity index (χ4v) is 4.69. The largest absolute Gasteiger partial charge is 0.477 e. The Kier molecular flexibility index (Phi) is 3.74. The summed E-state index contributed by atoms with van der Waals surface area (Å²) in [6.07, 6.45) is 1.85. The monoisotopic (exact) mass is 289 g/mol. The minimum Gasteiger partial charge on any atom is -0.477 e. The number of nitrogens with zero attached hydrogens (tertiary/aromatic N) is 1. The number of sulfonamides is 1. The second-order valence-electron chi connectivity index (χ2n) is 4.38. The molecule has 5 nitrogen and oxygen atoms in total. The quantitative estimate of drug-likeness (QED) is 0.918. The maximum atomic E-state index is 12.3. The van der Waals surface area contributed by atoms with Gasteiger partial charge in [-0.3, -0.25) is 0 Å². The van der Waals surface area contributed by atoms with Crippen molar-refractivity contribution < 1.29 is 18.3 Å². The van der Waals surface area contributed by atoms with Crippen molar-refractivity contribution in [1.29, 1.82) is 0 Å². The van der Waals surface area contributed by atoms with Crippen molar-refractivity contribution in [1.82, 2.24) is 4.31 Å². The zero-order valence-corrected chi connectivity index (χ0v) is 11.6. The molecule has 1 aliphatic rings. The first-order valence-electron chi connectivity index (χ1n) is 5.77. The number of aromatic carboxylic acids is 1. The molecule has 1 atom stereocenters. The Labute approximate surface area is 110 Å². The molecular formula is C11H15NO4S2. The van der Waals surface area contributed by atoms with E-state index in [0.29, 0.717) is 19.0 Å². The van der Waals surface area contributed by atoms with Crippen LogP contribution in [0.15, 0.2) is 16.3 Å². The van der Waals surface area contributed by atoms with E-state index in [1.807, 2.05) is 6.92 Å². The van der Waals surface area contributed by atoms with Gasteiger partial charge in [0.25, 0.3) is 0 Å². The van der Waals surface area contributed by atoms with Crippen molar-refractivity contribution in [2.45, 2.75) is 24.7 Å². The molecule has 1 aromatic rings. The Morgan fingerprint density at radius 3 is 2.83 bits per heavy atom. The third-order valence-corrected chi connectivity index (χ3v) is 6.16. The summed E-state index contributed by atoms with van der Waals surface area (Å²) in [5.74, 6) is -0.674. The van der Waals surface area contributed by atoms with Crippen LogP contribution in [0.1, 0.15) is 29.4 Å². The normalized spacial score (nSPS) is 21.3. The van der Waals surface area contributed by atoms with Crippen LogP contribution in [0.2, 0.25) is 0 Å². The highest BCUT2D eigenvalue weighted by atomic mass is 32.2.